The number of aryl methyl sites for hydroxylation is 2. The summed E-state index contributed by atoms with van der Waals surface area (Å²) in [4.78, 5) is 11.8. The Hall–Kier alpha value is -2.75. The van der Waals surface area contributed by atoms with Gasteiger partial charge in [-0.3, -0.25) is 0 Å². The van der Waals surface area contributed by atoms with E-state index in [4.69, 9.17) is 9.47 Å². The number of hydrogen-bond donors (Lipinski definition) is 1. The zero-order chi connectivity index (χ0) is 17.8. The Morgan fingerprint density at radius 2 is 1.68 bits per heavy atom. The minimum absolute atomic E-state index is 0.278. The third-order valence-corrected chi connectivity index (χ3v) is 4.61. The lowest BCUT2D eigenvalue weighted by atomic mass is 9.89. The predicted octanol–water partition coefficient (Wildman–Crippen LogP) is 4.21. The van der Waals surface area contributed by atoms with Gasteiger partial charge in [0.15, 0.2) is 11.5 Å². The molecule has 0 unspecified atom stereocenters. The van der Waals surface area contributed by atoms with Gasteiger partial charge < -0.3 is 14.6 Å². The van der Waals surface area contributed by atoms with Crippen molar-refractivity contribution in [3.63, 3.8) is 0 Å². The van der Waals surface area contributed by atoms with E-state index in [1.807, 2.05) is 18.2 Å². The number of benzene rings is 2. The fourth-order valence-corrected chi connectivity index (χ4v) is 3.28. The van der Waals surface area contributed by atoms with Crippen molar-refractivity contribution in [1.82, 2.24) is 0 Å². The first-order valence-electron chi connectivity index (χ1n) is 8.41. The average Bonchev–Trinajstić information content (AvgIpc) is 2.65. The Morgan fingerprint density at radius 3 is 2.36 bits per heavy atom. The molecule has 0 radical (unpaired) electrons. The highest BCUT2D eigenvalue weighted by molar-refractivity contribution is 6.20. The molecular formula is C21H22O4. The second kappa shape index (κ2) is 7.43. The molecule has 130 valence electrons. The molecule has 0 amide bonds. The normalized spacial score (nSPS) is 13.9. The largest absolute Gasteiger partial charge is 0.493 e. The fourth-order valence-electron chi connectivity index (χ4n) is 3.28. The van der Waals surface area contributed by atoms with Gasteiger partial charge in [0.2, 0.25) is 0 Å². The van der Waals surface area contributed by atoms with Crippen LogP contribution in [-0.4, -0.2) is 25.3 Å². The number of carbonyl (C=O) groups is 1. The van der Waals surface area contributed by atoms with Crippen molar-refractivity contribution in [3.8, 4) is 11.5 Å². The molecule has 2 aromatic carbocycles. The fraction of sp³-hybridized carbons (Fsp3) is 0.286. The van der Waals surface area contributed by atoms with Crippen LogP contribution < -0.4 is 9.47 Å². The first kappa shape index (κ1) is 17.1. The molecular weight excluding hydrogens is 316 g/mol. The molecule has 0 atom stereocenters. The van der Waals surface area contributed by atoms with Gasteiger partial charge in [-0.2, -0.15) is 0 Å². The molecule has 0 bridgehead atoms. The second-order valence-corrected chi connectivity index (χ2v) is 6.17. The summed E-state index contributed by atoms with van der Waals surface area (Å²) in [6.07, 6.45) is 6.15. The van der Waals surface area contributed by atoms with Gasteiger partial charge in [-0.15, -0.1) is 0 Å². The molecule has 1 aliphatic rings. The van der Waals surface area contributed by atoms with E-state index in [0.717, 1.165) is 30.4 Å². The molecule has 0 saturated carbocycles. The standard InChI is InChI=1S/C21H22O4/c1-24-19-10-7-14(12-20(19)25-2)11-18(21(22)23)17-9-8-15-5-3-4-6-16(15)13-17/h7-13H,3-6H2,1-2H3,(H,22,23)/b18-11-. The summed E-state index contributed by atoms with van der Waals surface area (Å²) in [6.45, 7) is 0. The van der Waals surface area contributed by atoms with Crippen molar-refractivity contribution >= 4 is 17.6 Å². The van der Waals surface area contributed by atoms with Gasteiger partial charge >= 0.3 is 5.97 Å². The first-order valence-corrected chi connectivity index (χ1v) is 8.41. The molecule has 0 saturated heterocycles. The van der Waals surface area contributed by atoms with E-state index in [1.165, 1.54) is 17.5 Å². The third-order valence-electron chi connectivity index (χ3n) is 4.61. The molecule has 0 spiro atoms. The summed E-state index contributed by atoms with van der Waals surface area (Å²) < 4.78 is 10.5. The summed E-state index contributed by atoms with van der Waals surface area (Å²) in [5.41, 5.74) is 4.38. The van der Waals surface area contributed by atoms with Gasteiger partial charge in [0, 0.05) is 0 Å². The third kappa shape index (κ3) is 3.68. The molecule has 4 nitrogen and oxygen atoms in total. The van der Waals surface area contributed by atoms with E-state index in [2.05, 4.69) is 6.07 Å². The molecule has 4 heteroatoms. The number of fused-ring (bicyclic) bond motifs is 1. The first-order chi connectivity index (χ1) is 12.1. The van der Waals surface area contributed by atoms with E-state index < -0.39 is 5.97 Å². The van der Waals surface area contributed by atoms with E-state index in [9.17, 15) is 9.90 Å². The number of carboxylic acids is 1. The molecule has 1 aliphatic carbocycles. The van der Waals surface area contributed by atoms with Gasteiger partial charge in [-0.25, -0.2) is 4.79 Å². The average molecular weight is 338 g/mol. The Labute approximate surface area is 147 Å². The second-order valence-electron chi connectivity index (χ2n) is 6.17. The SMILES string of the molecule is COc1ccc(/C=C(\C(=O)O)c2ccc3c(c2)CCCC3)cc1OC. The van der Waals surface area contributed by atoms with Crippen LogP contribution in [0.1, 0.15) is 35.1 Å². The molecule has 1 N–H and O–H groups in total. The van der Waals surface area contributed by atoms with Gasteiger partial charge in [0.05, 0.1) is 19.8 Å². The summed E-state index contributed by atoms with van der Waals surface area (Å²) >= 11 is 0. The number of ether oxygens (including phenoxy) is 2. The van der Waals surface area contributed by atoms with Crippen molar-refractivity contribution in [3.05, 3.63) is 58.7 Å². The number of hydrogen-bond acceptors (Lipinski definition) is 3. The topological polar surface area (TPSA) is 55.8 Å². The van der Waals surface area contributed by atoms with Gasteiger partial charge in [-0.05, 0) is 66.1 Å². The molecule has 2 aromatic rings. The van der Waals surface area contributed by atoms with Crippen LogP contribution in [0.25, 0.3) is 11.6 Å². The van der Waals surface area contributed by atoms with Crippen LogP contribution in [0, 0.1) is 0 Å². The van der Waals surface area contributed by atoms with E-state index in [-0.39, 0.29) is 5.57 Å². The Morgan fingerprint density at radius 1 is 0.960 bits per heavy atom. The van der Waals surface area contributed by atoms with Crippen molar-refractivity contribution in [1.29, 1.82) is 0 Å². The highest BCUT2D eigenvalue weighted by atomic mass is 16.5. The van der Waals surface area contributed by atoms with Crippen molar-refractivity contribution in [2.45, 2.75) is 25.7 Å². The number of methoxy groups -OCH3 is 2. The number of aliphatic carboxylic acids is 1. The maximum absolute atomic E-state index is 11.8. The maximum atomic E-state index is 11.8. The highest BCUT2D eigenvalue weighted by Gasteiger charge is 2.15. The summed E-state index contributed by atoms with van der Waals surface area (Å²) in [6, 6.07) is 11.4. The van der Waals surface area contributed by atoms with Crippen molar-refractivity contribution in [2.75, 3.05) is 14.2 Å². The smallest absolute Gasteiger partial charge is 0.336 e. The van der Waals surface area contributed by atoms with Crippen LogP contribution in [-0.2, 0) is 17.6 Å². The van der Waals surface area contributed by atoms with Crippen LogP contribution in [0.5, 0.6) is 11.5 Å². The molecule has 0 aliphatic heterocycles. The molecule has 0 fully saturated rings. The van der Waals surface area contributed by atoms with Crippen molar-refractivity contribution < 1.29 is 19.4 Å². The highest BCUT2D eigenvalue weighted by Crippen LogP contribution is 2.30. The lowest BCUT2D eigenvalue weighted by Crippen LogP contribution is -2.05. The predicted molar refractivity (Wildman–Crippen MR) is 98.1 cm³/mol. The van der Waals surface area contributed by atoms with Gasteiger partial charge in [0.25, 0.3) is 0 Å². The van der Waals surface area contributed by atoms with Crippen molar-refractivity contribution in [2.24, 2.45) is 0 Å². The minimum atomic E-state index is -0.939. The van der Waals surface area contributed by atoms with Crippen LogP contribution in [0.2, 0.25) is 0 Å². The Bertz CT molecular complexity index is 821. The van der Waals surface area contributed by atoms with Crippen LogP contribution in [0.3, 0.4) is 0 Å². The van der Waals surface area contributed by atoms with E-state index >= 15 is 0 Å². The summed E-state index contributed by atoms with van der Waals surface area (Å²) in [7, 11) is 3.14. The number of rotatable bonds is 5. The molecule has 25 heavy (non-hydrogen) atoms. The minimum Gasteiger partial charge on any atom is -0.493 e. The Kier molecular flexibility index (Phi) is 5.08. The molecule has 0 heterocycles. The summed E-state index contributed by atoms with van der Waals surface area (Å²) in [5, 5.41) is 9.70. The lowest BCUT2D eigenvalue weighted by Gasteiger charge is -2.17. The zero-order valence-corrected chi connectivity index (χ0v) is 14.5. The maximum Gasteiger partial charge on any atom is 0.336 e. The number of carboxylic acid groups (broad SMARTS) is 1. The molecule has 0 aromatic heterocycles. The lowest BCUT2D eigenvalue weighted by molar-refractivity contribution is -0.130. The zero-order valence-electron chi connectivity index (χ0n) is 14.5. The van der Waals surface area contributed by atoms with Crippen LogP contribution in [0.4, 0.5) is 0 Å². The van der Waals surface area contributed by atoms with Gasteiger partial charge in [-0.1, -0.05) is 24.3 Å². The van der Waals surface area contributed by atoms with Crippen LogP contribution in [0.15, 0.2) is 36.4 Å². The van der Waals surface area contributed by atoms with E-state index in [1.54, 1.807) is 32.4 Å². The Balaban J connectivity index is 2.01. The van der Waals surface area contributed by atoms with Gasteiger partial charge in [0.1, 0.15) is 0 Å². The quantitative estimate of drug-likeness (QED) is 0.655. The monoisotopic (exact) mass is 338 g/mol. The molecule has 3 rings (SSSR count). The summed E-state index contributed by atoms with van der Waals surface area (Å²) in [5.74, 6) is 0.252. The van der Waals surface area contributed by atoms with E-state index in [0.29, 0.717) is 11.5 Å². The van der Waals surface area contributed by atoms with Crippen LogP contribution >= 0.6 is 0 Å².